The Kier molecular flexibility index (Phi) is 4.98. The van der Waals surface area contributed by atoms with Crippen LogP contribution < -0.4 is 5.73 Å². The summed E-state index contributed by atoms with van der Waals surface area (Å²) in [6, 6.07) is 12.3. The number of nitrogen functional groups attached to an aromatic ring is 1. The van der Waals surface area contributed by atoms with E-state index in [1.807, 2.05) is 37.4 Å². The molecule has 0 radical (unpaired) electrons. The third-order valence-corrected chi connectivity index (χ3v) is 6.41. The molecule has 0 bridgehead atoms. The van der Waals surface area contributed by atoms with Gasteiger partial charge in [-0.05, 0) is 70.5 Å². The number of aromatic nitrogens is 5. The van der Waals surface area contributed by atoms with Crippen LogP contribution in [0.2, 0.25) is 0 Å². The molecule has 1 fully saturated rings. The molecule has 7 nitrogen and oxygen atoms in total. The summed E-state index contributed by atoms with van der Waals surface area (Å²) in [5, 5.41) is 4.41. The van der Waals surface area contributed by atoms with Gasteiger partial charge in [0, 0.05) is 47.9 Å². The van der Waals surface area contributed by atoms with E-state index in [4.69, 9.17) is 10.7 Å². The largest absolute Gasteiger partial charge is 0.384 e. The van der Waals surface area contributed by atoms with Gasteiger partial charge < -0.3 is 10.3 Å². The fraction of sp³-hybridized carbons (Fsp3) is 0.375. The molecule has 160 valence electrons. The molecule has 5 heterocycles. The molecule has 5 rings (SSSR count). The van der Waals surface area contributed by atoms with Gasteiger partial charge in [0.1, 0.15) is 11.6 Å². The van der Waals surface area contributed by atoms with Crippen molar-refractivity contribution in [2.45, 2.75) is 46.1 Å². The maximum atomic E-state index is 6.23. The first-order valence-corrected chi connectivity index (χ1v) is 10.9. The Balaban J connectivity index is 1.29. The van der Waals surface area contributed by atoms with E-state index in [0.29, 0.717) is 11.7 Å². The summed E-state index contributed by atoms with van der Waals surface area (Å²) in [5.41, 5.74) is 13.0. The molecule has 0 aliphatic carbocycles. The van der Waals surface area contributed by atoms with E-state index in [-0.39, 0.29) is 0 Å². The molecule has 0 aromatic carbocycles. The number of hydrogen-bond acceptors (Lipinski definition) is 5. The van der Waals surface area contributed by atoms with E-state index < -0.39 is 0 Å². The SMILES string of the molecule is Cc1cc2nc(C3CCN(Cc4cc(C)n(-c5ccccn5)c4C)CC3)cc(N)n2n1. The van der Waals surface area contributed by atoms with Gasteiger partial charge in [0.05, 0.1) is 5.69 Å². The molecule has 1 aliphatic heterocycles. The van der Waals surface area contributed by atoms with Crippen molar-refractivity contribution in [2.24, 2.45) is 0 Å². The highest BCUT2D eigenvalue weighted by molar-refractivity contribution is 5.48. The van der Waals surface area contributed by atoms with E-state index in [0.717, 1.165) is 55.3 Å². The van der Waals surface area contributed by atoms with Gasteiger partial charge in [-0.1, -0.05) is 6.07 Å². The Labute approximate surface area is 182 Å². The maximum absolute atomic E-state index is 6.23. The van der Waals surface area contributed by atoms with Crippen LogP contribution in [0, 0.1) is 20.8 Å². The minimum absolute atomic E-state index is 0.444. The molecule has 2 N–H and O–H groups in total. The van der Waals surface area contributed by atoms with Gasteiger partial charge in [-0.3, -0.25) is 4.90 Å². The molecule has 4 aromatic rings. The number of fused-ring (bicyclic) bond motifs is 1. The first-order chi connectivity index (χ1) is 15.0. The van der Waals surface area contributed by atoms with E-state index in [2.05, 4.69) is 45.5 Å². The smallest absolute Gasteiger partial charge is 0.157 e. The molecule has 7 heteroatoms. The number of pyridine rings is 1. The van der Waals surface area contributed by atoms with Crippen molar-refractivity contribution in [3.8, 4) is 5.82 Å². The molecular weight excluding hydrogens is 386 g/mol. The zero-order valence-corrected chi connectivity index (χ0v) is 18.4. The molecular formula is C24H29N7. The molecule has 0 atom stereocenters. The number of nitrogens with zero attached hydrogens (tertiary/aromatic N) is 6. The van der Waals surface area contributed by atoms with Gasteiger partial charge in [0.2, 0.25) is 0 Å². The van der Waals surface area contributed by atoms with E-state index in [9.17, 15) is 0 Å². The highest BCUT2D eigenvalue weighted by Crippen LogP contribution is 2.30. The first kappa shape index (κ1) is 19.8. The second kappa shape index (κ2) is 7.81. The molecule has 4 aromatic heterocycles. The highest BCUT2D eigenvalue weighted by Gasteiger charge is 2.24. The van der Waals surface area contributed by atoms with E-state index >= 15 is 0 Å². The lowest BCUT2D eigenvalue weighted by molar-refractivity contribution is 0.203. The number of hydrogen-bond donors (Lipinski definition) is 1. The number of piperidine rings is 1. The summed E-state index contributed by atoms with van der Waals surface area (Å²) in [5.74, 6) is 2.09. The van der Waals surface area contributed by atoms with Crippen molar-refractivity contribution in [1.82, 2.24) is 29.0 Å². The zero-order valence-electron chi connectivity index (χ0n) is 18.4. The van der Waals surface area contributed by atoms with Crippen molar-refractivity contribution in [1.29, 1.82) is 0 Å². The third kappa shape index (κ3) is 3.70. The standard InChI is InChI=1S/C24H29N7/c1-16-12-24-27-21(14-22(25)31(24)28-16)19-7-10-29(11-8-19)15-20-13-17(2)30(18(20)3)23-6-4-5-9-26-23/h4-6,9,12-14,19H,7-8,10-11,15,25H2,1-3H3. The fourth-order valence-corrected chi connectivity index (χ4v) is 4.80. The van der Waals surface area contributed by atoms with Crippen molar-refractivity contribution >= 4 is 11.5 Å². The van der Waals surface area contributed by atoms with Crippen LogP contribution in [-0.4, -0.2) is 42.1 Å². The van der Waals surface area contributed by atoms with Crippen LogP contribution in [0.5, 0.6) is 0 Å². The number of aryl methyl sites for hydroxylation is 2. The number of rotatable bonds is 4. The van der Waals surface area contributed by atoms with Crippen LogP contribution in [0.1, 0.15) is 47.1 Å². The van der Waals surface area contributed by atoms with Gasteiger partial charge in [0.25, 0.3) is 0 Å². The molecule has 1 saturated heterocycles. The van der Waals surface area contributed by atoms with Gasteiger partial charge in [-0.2, -0.15) is 9.61 Å². The summed E-state index contributed by atoms with van der Waals surface area (Å²) in [6.07, 6.45) is 4.03. The van der Waals surface area contributed by atoms with Gasteiger partial charge in [-0.25, -0.2) is 9.97 Å². The Hall–Kier alpha value is -3.19. The summed E-state index contributed by atoms with van der Waals surface area (Å²) in [4.78, 5) is 11.9. The molecule has 0 spiro atoms. The fourth-order valence-electron chi connectivity index (χ4n) is 4.80. The van der Waals surface area contributed by atoms with E-state index in [1.54, 1.807) is 4.52 Å². The zero-order chi connectivity index (χ0) is 21.5. The minimum atomic E-state index is 0.444. The van der Waals surface area contributed by atoms with Crippen LogP contribution in [0.25, 0.3) is 11.5 Å². The summed E-state index contributed by atoms with van der Waals surface area (Å²) >= 11 is 0. The van der Waals surface area contributed by atoms with Crippen molar-refractivity contribution in [3.63, 3.8) is 0 Å². The van der Waals surface area contributed by atoms with Crippen LogP contribution in [-0.2, 0) is 6.54 Å². The van der Waals surface area contributed by atoms with Crippen LogP contribution in [0.15, 0.2) is 42.6 Å². The maximum Gasteiger partial charge on any atom is 0.157 e. The van der Waals surface area contributed by atoms with Gasteiger partial charge in [-0.15, -0.1) is 0 Å². The molecule has 0 saturated carbocycles. The molecule has 0 amide bonds. The summed E-state index contributed by atoms with van der Waals surface area (Å²) in [6.45, 7) is 9.40. The predicted octanol–water partition coefficient (Wildman–Crippen LogP) is 3.80. The van der Waals surface area contributed by atoms with E-state index in [1.165, 1.54) is 17.0 Å². The van der Waals surface area contributed by atoms with Crippen molar-refractivity contribution in [2.75, 3.05) is 18.8 Å². The third-order valence-electron chi connectivity index (χ3n) is 6.41. The van der Waals surface area contributed by atoms with Gasteiger partial charge >= 0.3 is 0 Å². The Morgan fingerprint density at radius 1 is 1.06 bits per heavy atom. The lowest BCUT2D eigenvalue weighted by atomic mass is 9.93. The summed E-state index contributed by atoms with van der Waals surface area (Å²) < 4.78 is 3.98. The summed E-state index contributed by atoms with van der Waals surface area (Å²) in [7, 11) is 0. The van der Waals surface area contributed by atoms with Crippen LogP contribution in [0.3, 0.4) is 0 Å². The Morgan fingerprint density at radius 2 is 1.87 bits per heavy atom. The Bertz CT molecular complexity index is 1210. The Morgan fingerprint density at radius 3 is 2.61 bits per heavy atom. The lowest BCUT2D eigenvalue weighted by Crippen LogP contribution is -2.33. The number of likely N-dealkylation sites (tertiary alicyclic amines) is 1. The van der Waals surface area contributed by atoms with Crippen LogP contribution >= 0.6 is 0 Å². The predicted molar refractivity (Wildman–Crippen MR) is 122 cm³/mol. The average Bonchev–Trinajstić information content (AvgIpc) is 3.28. The van der Waals surface area contributed by atoms with Crippen molar-refractivity contribution < 1.29 is 0 Å². The van der Waals surface area contributed by atoms with Gasteiger partial charge in [0.15, 0.2) is 5.65 Å². The number of nitrogens with two attached hydrogens (primary N) is 1. The monoisotopic (exact) mass is 415 g/mol. The quantitative estimate of drug-likeness (QED) is 0.549. The number of anilines is 1. The molecule has 1 aliphatic rings. The highest BCUT2D eigenvalue weighted by atomic mass is 15.3. The van der Waals surface area contributed by atoms with Crippen molar-refractivity contribution in [3.05, 3.63) is 70.9 Å². The molecule has 0 unspecified atom stereocenters. The topological polar surface area (TPSA) is 77.3 Å². The average molecular weight is 416 g/mol. The normalized spacial score (nSPS) is 15.7. The first-order valence-electron chi connectivity index (χ1n) is 10.9. The molecule has 31 heavy (non-hydrogen) atoms. The minimum Gasteiger partial charge on any atom is -0.384 e. The second-order valence-electron chi connectivity index (χ2n) is 8.63. The second-order valence-corrected chi connectivity index (χ2v) is 8.63. The lowest BCUT2D eigenvalue weighted by Gasteiger charge is -2.31. The van der Waals surface area contributed by atoms with Crippen LogP contribution in [0.4, 0.5) is 5.82 Å².